The molecule has 45 heteroatoms. The monoisotopic (exact) mass is 1860 g/mol. The Morgan fingerprint density at radius 3 is 1.09 bits per heavy atom. The van der Waals surface area contributed by atoms with Crippen LogP contribution >= 0.6 is 0 Å². The van der Waals surface area contributed by atoms with Crippen molar-refractivity contribution in [1.29, 1.82) is 10.8 Å². The third kappa shape index (κ3) is 39.5. The summed E-state index contributed by atoms with van der Waals surface area (Å²) in [7, 11) is 0. The molecule has 6 aromatic rings. The molecule has 6 rings (SSSR count). The van der Waals surface area contributed by atoms with Gasteiger partial charge in [-0.3, -0.25) is 87.5 Å². The zero-order valence-electron chi connectivity index (χ0n) is 74.2. The second-order valence-electron chi connectivity index (χ2n) is 32.0. The molecule has 13 atom stereocenters. The molecule has 0 aliphatic heterocycles. The van der Waals surface area contributed by atoms with Gasteiger partial charge < -0.3 is 133 Å². The maximum absolute atomic E-state index is 15.1. The number of H-pyrrole nitrogens is 1. The number of aromatic amines is 1. The molecular formula is C89H120N24O21. The number of guanidine groups is 2. The number of nitrogens with two attached hydrogens (primary N) is 4. The Kier molecular flexibility index (Phi) is 45.0. The highest BCUT2D eigenvalue weighted by molar-refractivity contribution is 6.01. The van der Waals surface area contributed by atoms with Gasteiger partial charge in [-0.1, -0.05) is 147 Å². The quantitative estimate of drug-likeness (QED) is 0.00966. The highest BCUT2D eigenvalue weighted by atomic mass is 16.4. The van der Waals surface area contributed by atoms with E-state index in [-0.39, 0.29) is 101 Å². The zero-order chi connectivity index (χ0) is 98.3. The number of aromatic nitrogens is 2. The van der Waals surface area contributed by atoms with Crippen LogP contribution in [0.5, 0.6) is 5.75 Å². The molecule has 0 aliphatic carbocycles. The Balaban J connectivity index is 1.17. The van der Waals surface area contributed by atoms with Gasteiger partial charge in [-0.25, -0.2) is 9.78 Å². The Labute approximate surface area is 771 Å². The number of benzene rings is 5. The highest BCUT2D eigenvalue weighted by Gasteiger charge is 2.39. The number of aromatic hydroxyl groups is 1. The minimum absolute atomic E-state index is 0.0105. The summed E-state index contributed by atoms with van der Waals surface area (Å²) in [5.74, 6) is -19.0. The average molecular weight is 1860 g/mol. The number of phenolic OH excluding ortho intramolecular Hbond substituents is 1. The molecule has 5 aromatic carbocycles. The van der Waals surface area contributed by atoms with E-state index in [0.29, 0.717) is 33.5 Å². The number of hydrogen-bond acceptors (Lipinski definition) is 23. The summed E-state index contributed by atoms with van der Waals surface area (Å²) in [6.07, 6.45) is -1.27. The Hall–Kier alpha value is -15.4. The van der Waals surface area contributed by atoms with Crippen molar-refractivity contribution in [3.63, 3.8) is 0 Å². The summed E-state index contributed by atoms with van der Waals surface area (Å²) in [4.78, 5) is 243. The number of carbonyl (C=O) groups excluding carboxylic acids is 15. The maximum Gasteiger partial charge on any atom is 0.326 e. The molecule has 1 heterocycles. The molecular weight excluding hydrogens is 1740 g/mol. The number of imidazole rings is 1. The number of rotatable bonds is 58. The van der Waals surface area contributed by atoms with E-state index in [1.54, 1.807) is 135 Å². The number of carboxylic acids is 2. The van der Waals surface area contributed by atoms with E-state index in [1.165, 1.54) is 43.7 Å². The van der Waals surface area contributed by atoms with E-state index >= 15 is 4.79 Å². The van der Waals surface area contributed by atoms with E-state index in [0.717, 1.165) is 0 Å². The lowest BCUT2D eigenvalue weighted by molar-refractivity contribution is -0.142. The van der Waals surface area contributed by atoms with Crippen LogP contribution in [0.3, 0.4) is 0 Å². The number of aliphatic hydroxyl groups excluding tert-OH is 1. The van der Waals surface area contributed by atoms with E-state index < -0.39 is 230 Å². The zero-order valence-corrected chi connectivity index (χ0v) is 74.2. The van der Waals surface area contributed by atoms with Crippen molar-refractivity contribution in [1.82, 2.24) is 95.0 Å². The minimum Gasteiger partial charge on any atom is -0.508 e. The van der Waals surface area contributed by atoms with E-state index in [1.807, 2.05) is 0 Å². The largest absolute Gasteiger partial charge is 0.508 e. The van der Waals surface area contributed by atoms with Crippen LogP contribution in [0.4, 0.5) is 0 Å². The lowest BCUT2D eigenvalue weighted by Gasteiger charge is -2.28. The van der Waals surface area contributed by atoms with Gasteiger partial charge in [0, 0.05) is 76.3 Å². The second-order valence-corrected chi connectivity index (χ2v) is 32.0. The number of aliphatic hydroxyl groups is 1. The molecule has 0 aliphatic rings. The number of amides is 15. The van der Waals surface area contributed by atoms with Crippen LogP contribution in [0.1, 0.15) is 112 Å². The van der Waals surface area contributed by atoms with Crippen molar-refractivity contribution in [3.8, 4) is 5.75 Å². The van der Waals surface area contributed by atoms with Crippen molar-refractivity contribution in [2.75, 3.05) is 32.8 Å². The third-order valence-electron chi connectivity index (χ3n) is 20.6. The van der Waals surface area contributed by atoms with Crippen LogP contribution < -0.4 is 108 Å². The smallest absolute Gasteiger partial charge is 0.326 e. The molecule has 0 radical (unpaired) electrons. The first-order chi connectivity index (χ1) is 63.9. The fourth-order valence-corrected chi connectivity index (χ4v) is 13.6. The van der Waals surface area contributed by atoms with Crippen molar-refractivity contribution in [3.05, 3.63) is 192 Å². The Morgan fingerprint density at radius 1 is 0.373 bits per heavy atom. The molecule has 0 spiro atoms. The van der Waals surface area contributed by atoms with Gasteiger partial charge in [-0.15, -0.1) is 0 Å². The van der Waals surface area contributed by atoms with Gasteiger partial charge in [-0.2, -0.15) is 0 Å². The Morgan fingerprint density at radius 2 is 0.709 bits per heavy atom. The number of primary amides is 1. The van der Waals surface area contributed by atoms with Crippen LogP contribution in [-0.4, -0.2) is 254 Å². The van der Waals surface area contributed by atoms with Crippen LogP contribution in [-0.2, 0) is 120 Å². The summed E-state index contributed by atoms with van der Waals surface area (Å²) in [5.41, 5.74) is 24.7. The first-order valence-corrected chi connectivity index (χ1v) is 43.2. The van der Waals surface area contributed by atoms with Crippen molar-refractivity contribution in [2.45, 2.75) is 196 Å². The molecule has 31 N–H and O–H groups in total. The lowest BCUT2D eigenvalue weighted by atomic mass is 9.99. The molecule has 134 heavy (non-hydrogen) atoms. The first kappa shape index (κ1) is 107. The van der Waals surface area contributed by atoms with E-state index in [9.17, 15) is 97.1 Å². The predicted octanol–water partition coefficient (Wildman–Crippen LogP) is -4.95. The summed E-state index contributed by atoms with van der Waals surface area (Å²) in [6, 6.07) is 18.4. The maximum atomic E-state index is 15.1. The standard InChI is InChI=1S/C89H120N24O21/c1-50(2)38-63(106-81(127)64(39-52-18-8-4-9-19-52)107-82(128)65(40-53-20-10-5-11-21-53)109-85(131)68(44-57-46-96-49-100-57)111-79(125)62(32-34-71(91)116)105-77(123)59(102-72(117)45-90)26-16-36-97-88(92)93)80(126)101-51(3)75(121)104-61(33-35-74(119)120)76(122)99-47-73(118)103-60(27-17-37-98-89(94)95)78(124)113-70(48-114)86(132)110-66(41-54-22-12-6-13-23-54)83(129)108-67(42-56-28-30-58(115)31-29-56)84(130)112-69(87(133)134)43-55-24-14-7-15-25-55/h4-15,18-25,28-31,46,49-51,59-70,114-115H,16-17,26-27,32-45,47-48,90H2,1-3H3,(H2,91,116)(H,96,100)(H,99,122)(H,101,126)(H,102,117)(H,103,118)(H,104,121)(H,105,123)(H,106,127)(H,107,128)(H,108,129)(H,109,131)(H,110,132)(H,111,125)(H,112,130)(H,113,124)(H,119,120)(H,133,134)(H4,92,93,97)(H4,94,95,98)/t51-,59-,60-,61-,62-,63-,64-,65-,66-,67-,68-,69-,70-/m0/s1. The first-order valence-electron chi connectivity index (χ1n) is 43.2. The average Bonchev–Trinajstić information content (AvgIpc) is 0.945. The molecule has 0 fully saturated rings. The van der Waals surface area contributed by atoms with Crippen LogP contribution in [0.25, 0.3) is 0 Å². The molecule has 0 bridgehead atoms. The molecule has 45 nitrogen and oxygen atoms in total. The number of nitrogens with one attached hydrogen (secondary N) is 19. The normalized spacial score (nSPS) is 13.8. The SMILES string of the molecule is CC(C)C[C@H](NC(=O)[C@H](Cc1ccccc1)NC(=O)[C@H](Cc1ccccc1)NC(=O)[C@H](Cc1cnc[nH]1)NC(=O)[C@H](CCC(N)=O)NC(=O)[C@H](CCCNC(=N)N)NC(=O)CN)C(=O)N[C@@H](C)C(=O)N[C@@H](CCC(=O)O)C(=O)NCC(=O)N[C@@H](CCCNC(=N)N)C(=O)N[C@@H](CO)C(=O)N[C@@H](Cc1ccccc1)C(=O)N[C@@H](Cc1ccc(O)cc1)C(=O)N[C@@H](Cc1ccccc1)C(=O)O. The number of carbonyl (C=O) groups is 17. The molecule has 722 valence electrons. The molecule has 1 aromatic heterocycles. The number of carboxylic acid groups (broad SMARTS) is 2. The fourth-order valence-electron chi connectivity index (χ4n) is 13.6. The van der Waals surface area contributed by atoms with Crippen molar-refractivity contribution in [2.24, 2.45) is 28.9 Å². The van der Waals surface area contributed by atoms with Crippen LogP contribution in [0.2, 0.25) is 0 Å². The van der Waals surface area contributed by atoms with E-state index in [4.69, 9.17) is 33.8 Å². The highest BCUT2D eigenvalue weighted by Crippen LogP contribution is 2.17. The topological polar surface area (TPSA) is 744 Å². The molecule has 0 saturated heterocycles. The Bertz CT molecular complexity index is 4950. The summed E-state index contributed by atoms with van der Waals surface area (Å²) in [6.45, 7) is 2.08. The van der Waals surface area contributed by atoms with Gasteiger partial charge in [0.15, 0.2) is 11.9 Å². The number of nitrogens with zero attached hydrogens (tertiary/aromatic N) is 1. The minimum atomic E-state index is -1.88. The second kappa shape index (κ2) is 56.2. The summed E-state index contributed by atoms with van der Waals surface area (Å²) in [5, 5.41) is 96.2. The molecule has 15 amide bonds. The van der Waals surface area contributed by atoms with Gasteiger partial charge in [0.05, 0.1) is 26.0 Å². The van der Waals surface area contributed by atoms with Gasteiger partial charge >= 0.3 is 11.9 Å². The van der Waals surface area contributed by atoms with E-state index in [2.05, 4.69) is 95.0 Å². The van der Waals surface area contributed by atoms with Crippen LogP contribution in [0.15, 0.2) is 158 Å². The van der Waals surface area contributed by atoms with Gasteiger partial charge in [0.25, 0.3) is 0 Å². The number of hydrogen-bond donors (Lipinski definition) is 27. The molecule has 0 unspecified atom stereocenters. The summed E-state index contributed by atoms with van der Waals surface area (Å²) < 4.78 is 0. The van der Waals surface area contributed by atoms with Crippen LogP contribution in [0, 0.1) is 16.7 Å². The summed E-state index contributed by atoms with van der Waals surface area (Å²) >= 11 is 0. The van der Waals surface area contributed by atoms with Gasteiger partial charge in [0.1, 0.15) is 84.3 Å². The lowest BCUT2D eigenvalue weighted by Crippen LogP contribution is -2.61. The van der Waals surface area contributed by atoms with Gasteiger partial charge in [-0.05, 0) is 97.7 Å². The third-order valence-corrected chi connectivity index (χ3v) is 20.6. The molecule has 0 saturated carbocycles. The van der Waals surface area contributed by atoms with Gasteiger partial charge in [0.2, 0.25) is 88.6 Å². The fraction of sp³-hybridized carbons (Fsp3) is 0.416. The predicted molar refractivity (Wildman–Crippen MR) is 485 cm³/mol. The number of phenols is 1. The van der Waals surface area contributed by atoms with Crippen molar-refractivity contribution < 1.29 is 102 Å². The number of aliphatic carboxylic acids is 2. The van der Waals surface area contributed by atoms with Crippen molar-refractivity contribution >= 4 is 112 Å².